The first-order chi connectivity index (χ1) is 11.5. The van der Waals surface area contributed by atoms with Crippen molar-refractivity contribution in [2.24, 2.45) is 5.10 Å². The number of hydrogen-bond donors (Lipinski definition) is 2. The summed E-state index contributed by atoms with van der Waals surface area (Å²) in [6, 6.07) is 13.7. The van der Waals surface area contributed by atoms with E-state index in [0.717, 1.165) is 5.56 Å². The monoisotopic (exact) mass is 345 g/mol. The van der Waals surface area contributed by atoms with Crippen LogP contribution in [0.25, 0.3) is 0 Å². The molecule has 0 aliphatic carbocycles. The molecule has 0 atom stereocenters. The van der Waals surface area contributed by atoms with Crippen molar-refractivity contribution in [1.29, 1.82) is 0 Å². The second-order valence-electron chi connectivity index (χ2n) is 4.84. The Morgan fingerprint density at radius 2 is 1.58 bits per heavy atom. The Kier molecular flexibility index (Phi) is 5.92. The molecule has 2 rings (SSSR count). The van der Waals surface area contributed by atoms with Crippen LogP contribution in [0.5, 0.6) is 0 Å². The van der Waals surface area contributed by atoms with Crippen LogP contribution in [0.2, 0.25) is 5.02 Å². The summed E-state index contributed by atoms with van der Waals surface area (Å²) in [7, 11) is 1.26. The molecule has 7 heteroatoms. The Labute approximate surface area is 144 Å². The van der Waals surface area contributed by atoms with Crippen LogP contribution >= 0.6 is 11.6 Å². The third-order valence-corrected chi connectivity index (χ3v) is 3.42. The predicted octanol–water partition coefficient (Wildman–Crippen LogP) is 3.67. The molecule has 2 aromatic rings. The quantitative estimate of drug-likeness (QED) is 0.655. The largest absolute Gasteiger partial charge is 0.452 e. The van der Waals surface area contributed by atoms with Crippen LogP contribution in [-0.4, -0.2) is 24.8 Å². The zero-order chi connectivity index (χ0) is 17.5. The first kappa shape index (κ1) is 17.5. The van der Waals surface area contributed by atoms with Gasteiger partial charge in [-0.05, 0) is 48.9 Å². The average molecular weight is 346 g/mol. The normalized spacial score (nSPS) is 10.9. The molecule has 0 aromatic heterocycles. The van der Waals surface area contributed by atoms with E-state index in [4.69, 9.17) is 11.6 Å². The average Bonchev–Trinajstić information content (AvgIpc) is 2.60. The van der Waals surface area contributed by atoms with E-state index in [2.05, 4.69) is 20.6 Å². The van der Waals surface area contributed by atoms with E-state index in [1.54, 1.807) is 55.5 Å². The van der Waals surface area contributed by atoms with Gasteiger partial charge < -0.3 is 10.1 Å². The van der Waals surface area contributed by atoms with Crippen LogP contribution in [0.3, 0.4) is 0 Å². The molecule has 2 amide bonds. The van der Waals surface area contributed by atoms with Crippen molar-refractivity contribution in [2.45, 2.75) is 6.92 Å². The van der Waals surface area contributed by atoms with Crippen molar-refractivity contribution < 1.29 is 14.3 Å². The Morgan fingerprint density at radius 3 is 2.17 bits per heavy atom. The first-order valence-electron chi connectivity index (χ1n) is 7.05. The van der Waals surface area contributed by atoms with Gasteiger partial charge in [0.1, 0.15) is 0 Å². The van der Waals surface area contributed by atoms with E-state index in [9.17, 15) is 9.59 Å². The fraction of sp³-hybridized carbons (Fsp3) is 0.118. The van der Waals surface area contributed by atoms with E-state index in [-0.39, 0.29) is 5.91 Å². The van der Waals surface area contributed by atoms with Crippen molar-refractivity contribution in [2.75, 3.05) is 12.4 Å². The molecule has 0 heterocycles. The molecule has 0 aliphatic heterocycles. The summed E-state index contributed by atoms with van der Waals surface area (Å²) >= 11 is 5.80. The number of nitrogens with zero attached hydrogens (tertiary/aromatic N) is 1. The number of halogens is 1. The third-order valence-electron chi connectivity index (χ3n) is 3.17. The number of amides is 2. The van der Waals surface area contributed by atoms with Gasteiger partial charge in [-0.15, -0.1) is 0 Å². The van der Waals surface area contributed by atoms with Crippen LogP contribution in [0.15, 0.2) is 53.6 Å². The second kappa shape index (κ2) is 8.12. The summed E-state index contributed by atoms with van der Waals surface area (Å²) in [6.45, 7) is 1.75. The topological polar surface area (TPSA) is 79.8 Å². The van der Waals surface area contributed by atoms with Crippen molar-refractivity contribution >= 4 is 35.0 Å². The van der Waals surface area contributed by atoms with E-state index >= 15 is 0 Å². The predicted molar refractivity (Wildman–Crippen MR) is 93.6 cm³/mol. The lowest BCUT2D eigenvalue weighted by atomic mass is 10.1. The summed E-state index contributed by atoms with van der Waals surface area (Å²) in [4.78, 5) is 23.1. The maximum atomic E-state index is 12.1. The minimum absolute atomic E-state index is 0.225. The minimum atomic E-state index is -0.638. The SMILES string of the molecule is COC(=O)N/N=C(/C)c1ccc(NC(=O)c2ccc(Cl)cc2)cc1. The van der Waals surface area contributed by atoms with Crippen LogP contribution < -0.4 is 10.7 Å². The zero-order valence-electron chi connectivity index (χ0n) is 13.2. The Morgan fingerprint density at radius 1 is 1.00 bits per heavy atom. The molecule has 2 N–H and O–H groups in total. The molecule has 124 valence electrons. The van der Waals surface area contributed by atoms with Crippen molar-refractivity contribution in [1.82, 2.24) is 5.43 Å². The lowest BCUT2D eigenvalue weighted by Gasteiger charge is -2.07. The highest BCUT2D eigenvalue weighted by Gasteiger charge is 2.06. The van der Waals surface area contributed by atoms with Crippen LogP contribution in [0.4, 0.5) is 10.5 Å². The number of benzene rings is 2. The zero-order valence-corrected chi connectivity index (χ0v) is 13.9. The van der Waals surface area contributed by atoms with Gasteiger partial charge in [0.25, 0.3) is 5.91 Å². The fourth-order valence-corrected chi connectivity index (χ4v) is 1.96. The Bertz CT molecular complexity index is 756. The lowest BCUT2D eigenvalue weighted by Crippen LogP contribution is -2.18. The number of carbonyl (C=O) groups is 2. The van der Waals surface area contributed by atoms with Gasteiger partial charge in [0.2, 0.25) is 0 Å². The summed E-state index contributed by atoms with van der Waals surface area (Å²) < 4.78 is 4.44. The number of anilines is 1. The van der Waals surface area contributed by atoms with Gasteiger partial charge >= 0.3 is 6.09 Å². The molecule has 6 nitrogen and oxygen atoms in total. The van der Waals surface area contributed by atoms with E-state index in [0.29, 0.717) is 22.0 Å². The Balaban J connectivity index is 2.02. The number of hydrogen-bond acceptors (Lipinski definition) is 4. The highest BCUT2D eigenvalue weighted by atomic mass is 35.5. The number of hydrazone groups is 1. The highest BCUT2D eigenvalue weighted by Crippen LogP contribution is 2.14. The minimum Gasteiger partial charge on any atom is -0.452 e. The van der Waals surface area contributed by atoms with Crippen molar-refractivity contribution in [3.8, 4) is 0 Å². The van der Waals surface area contributed by atoms with Crippen LogP contribution in [0.1, 0.15) is 22.8 Å². The van der Waals surface area contributed by atoms with Gasteiger partial charge in [-0.25, -0.2) is 10.2 Å². The molecular formula is C17H16ClN3O3. The molecule has 0 saturated heterocycles. The lowest BCUT2D eigenvalue weighted by molar-refractivity contribution is 0.102. The molecule has 0 bridgehead atoms. The van der Waals surface area contributed by atoms with Gasteiger partial charge in [-0.2, -0.15) is 5.10 Å². The molecule has 0 spiro atoms. The molecular weight excluding hydrogens is 330 g/mol. The van der Waals surface area contributed by atoms with Crippen molar-refractivity contribution in [3.63, 3.8) is 0 Å². The number of carbonyl (C=O) groups excluding carboxylic acids is 2. The van der Waals surface area contributed by atoms with Crippen molar-refractivity contribution in [3.05, 3.63) is 64.7 Å². The summed E-state index contributed by atoms with van der Waals surface area (Å²) in [5.74, 6) is -0.225. The van der Waals surface area contributed by atoms with Gasteiger partial charge in [-0.1, -0.05) is 23.7 Å². The summed E-state index contributed by atoms with van der Waals surface area (Å²) in [5, 5.41) is 7.27. The number of ether oxygens (including phenoxy) is 1. The van der Waals surface area contributed by atoms with E-state index in [1.807, 2.05) is 0 Å². The fourth-order valence-electron chi connectivity index (χ4n) is 1.84. The number of methoxy groups -OCH3 is 1. The van der Waals surface area contributed by atoms with Gasteiger partial charge in [0.15, 0.2) is 0 Å². The molecule has 0 unspecified atom stereocenters. The number of rotatable bonds is 4. The molecule has 0 saturated carbocycles. The first-order valence-corrected chi connectivity index (χ1v) is 7.43. The van der Waals surface area contributed by atoms with Gasteiger partial charge in [-0.3, -0.25) is 4.79 Å². The summed E-state index contributed by atoms with van der Waals surface area (Å²) in [5.41, 5.74) is 4.82. The van der Waals surface area contributed by atoms with Gasteiger partial charge in [0.05, 0.1) is 12.8 Å². The Hall–Kier alpha value is -2.86. The molecule has 0 fully saturated rings. The highest BCUT2D eigenvalue weighted by molar-refractivity contribution is 6.30. The summed E-state index contributed by atoms with van der Waals surface area (Å²) in [6.07, 6.45) is -0.638. The molecule has 0 aliphatic rings. The smallest absolute Gasteiger partial charge is 0.427 e. The van der Waals surface area contributed by atoms with Crippen LogP contribution in [-0.2, 0) is 4.74 Å². The van der Waals surface area contributed by atoms with Crippen LogP contribution in [0, 0.1) is 0 Å². The molecule has 2 aromatic carbocycles. The van der Waals surface area contributed by atoms with Gasteiger partial charge in [0, 0.05) is 16.3 Å². The second-order valence-corrected chi connectivity index (χ2v) is 5.28. The third kappa shape index (κ3) is 4.82. The van der Waals surface area contributed by atoms with E-state index in [1.165, 1.54) is 7.11 Å². The molecule has 0 radical (unpaired) electrons. The number of nitrogens with one attached hydrogen (secondary N) is 2. The maximum Gasteiger partial charge on any atom is 0.427 e. The maximum absolute atomic E-state index is 12.1. The van der Waals surface area contributed by atoms with E-state index < -0.39 is 6.09 Å². The standard InChI is InChI=1S/C17H16ClN3O3/c1-11(20-21-17(23)24-2)12-5-9-15(10-6-12)19-16(22)13-3-7-14(18)8-4-13/h3-10H,1-2H3,(H,19,22)(H,21,23)/b20-11-. The molecule has 24 heavy (non-hydrogen) atoms.